The largest absolute Gasteiger partial charge is 0.493 e. The van der Waals surface area contributed by atoms with Crippen molar-refractivity contribution in [2.24, 2.45) is 0 Å². The summed E-state index contributed by atoms with van der Waals surface area (Å²) < 4.78 is 11.0. The van der Waals surface area contributed by atoms with Gasteiger partial charge in [0.15, 0.2) is 11.5 Å². The van der Waals surface area contributed by atoms with E-state index in [0.29, 0.717) is 17.1 Å². The molecule has 5 nitrogen and oxygen atoms in total. The molecule has 0 radical (unpaired) electrons. The molecule has 0 spiro atoms. The molecule has 0 saturated carbocycles. The molecule has 1 aromatic heterocycles. The van der Waals surface area contributed by atoms with E-state index in [1.54, 1.807) is 37.7 Å². The molecule has 2 aromatic rings. The van der Waals surface area contributed by atoms with E-state index >= 15 is 0 Å². The van der Waals surface area contributed by atoms with Gasteiger partial charge in [0.25, 0.3) is 5.91 Å². The summed E-state index contributed by atoms with van der Waals surface area (Å²) in [7, 11) is 1.56. The Kier molecular flexibility index (Phi) is 5.57. The predicted octanol–water partition coefficient (Wildman–Crippen LogP) is 3.37. The highest BCUT2D eigenvalue weighted by atomic mass is 16.5. The number of hydrogen-bond donors (Lipinski definition) is 1. The molecule has 1 heterocycles. The Labute approximate surface area is 136 Å². The summed E-state index contributed by atoms with van der Waals surface area (Å²) in [6.07, 6.45) is 3.45. The first-order chi connectivity index (χ1) is 11.0. The highest BCUT2D eigenvalue weighted by molar-refractivity contribution is 5.95. The number of benzene rings is 1. The molecule has 1 N–H and O–H groups in total. The number of pyridine rings is 1. The van der Waals surface area contributed by atoms with Crippen molar-refractivity contribution in [2.45, 2.75) is 32.9 Å². The monoisotopic (exact) mass is 314 g/mol. The minimum Gasteiger partial charge on any atom is -0.493 e. The van der Waals surface area contributed by atoms with Crippen molar-refractivity contribution in [1.82, 2.24) is 10.3 Å². The van der Waals surface area contributed by atoms with Crippen LogP contribution in [0.3, 0.4) is 0 Å². The molecule has 5 heteroatoms. The van der Waals surface area contributed by atoms with Crippen LogP contribution < -0.4 is 14.8 Å². The zero-order valence-corrected chi connectivity index (χ0v) is 13.9. The lowest BCUT2D eigenvalue weighted by Crippen LogP contribution is -2.26. The molecule has 1 unspecified atom stereocenters. The van der Waals surface area contributed by atoms with Crippen LogP contribution in [0.25, 0.3) is 0 Å². The predicted molar refractivity (Wildman–Crippen MR) is 88.9 cm³/mol. The van der Waals surface area contributed by atoms with Gasteiger partial charge in [-0.1, -0.05) is 0 Å². The Morgan fingerprint density at radius 2 is 1.78 bits per heavy atom. The smallest absolute Gasteiger partial charge is 0.251 e. The number of aromatic nitrogens is 1. The Balaban J connectivity index is 2.13. The van der Waals surface area contributed by atoms with Crippen LogP contribution in [0.2, 0.25) is 0 Å². The van der Waals surface area contributed by atoms with Crippen molar-refractivity contribution in [3.05, 3.63) is 53.9 Å². The van der Waals surface area contributed by atoms with Crippen LogP contribution in [0.15, 0.2) is 42.7 Å². The average molecular weight is 314 g/mol. The van der Waals surface area contributed by atoms with E-state index in [-0.39, 0.29) is 18.1 Å². The molecule has 0 fully saturated rings. The molecule has 1 amide bonds. The molecule has 0 aliphatic heterocycles. The fourth-order valence-corrected chi connectivity index (χ4v) is 2.18. The van der Waals surface area contributed by atoms with E-state index < -0.39 is 0 Å². The number of nitrogens with zero attached hydrogens (tertiary/aromatic N) is 1. The van der Waals surface area contributed by atoms with E-state index in [9.17, 15) is 4.79 Å². The van der Waals surface area contributed by atoms with E-state index in [1.807, 2.05) is 32.9 Å². The Morgan fingerprint density at radius 3 is 2.39 bits per heavy atom. The van der Waals surface area contributed by atoms with Crippen LogP contribution >= 0.6 is 0 Å². The summed E-state index contributed by atoms with van der Waals surface area (Å²) in [5.74, 6) is 1.01. The van der Waals surface area contributed by atoms with Gasteiger partial charge in [0, 0.05) is 18.0 Å². The number of amides is 1. The first-order valence-corrected chi connectivity index (χ1v) is 7.56. The van der Waals surface area contributed by atoms with Crippen LogP contribution in [0.5, 0.6) is 11.5 Å². The molecule has 0 aliphatic rings. The third kappa shape index (κ3) is 4.45. The second-order valence-electron chi connectivity index (χ2n) is 5.51. The first kappa shape index (κ1) is 16.8. The van der Waals surface area contributed by atoms with Crippen molar-refractivity contribution in [3.63, 3.8) is 0 Å². The summed E-state index contributed by atoms with van der Waals surface area (Å²) in [5.41, 5.74) is 1.53. The summed E-state index contributed by atoms with van der Waals surface area (Å²) in [5, 5.41) is 2.96. The van der Waals surface area contributed by atoms with E-state index in [1.165, 1.54) is 0 Å². The molecule has 0 aliphatic carbocycles. The molecule has 2 rings (SSSR count). The van der Waals surface area contributed by atoms with E-state index in [4.69, 9.17) is 9.47 Å². The number of hydrogen-bond acceptors (Lipinski definition) is 4. The number of methoxy groups -OCH3 is 1. The first-order valence-electron chi connectivity index (χ1n) is 7.56. The van der Waals surface area contributed by atoms with Crippen LogP contribution in [0.4, 0.5) is 0 Å². The summed E-state index contributed by atoms with van der Waals surface area (Å²) in [4.78, 5) is 16.4. The van der Waals surface area contributed by atoms with Crippen molar-refractivity contribution in [3.8, 4) is 11.5 Å². The van der Waals surface area contributed by atoms with Crippen molar-refractivity contribution < 1.29 is 14.3 Å². The maximum atomic E-state index is 12.4. The number of carbonyl (C=O) groups excluding carboxylic acids is 1. The quantitative estimate of drug-likeness (QED) is 0.888. The van der Waals surface area contributed by atoms with Crippen LogP contribution in [-0.4, -0.2) is 24.1 Å². The number of nitrogens with one attached hydrogen (secondary N) is 1. The van der Waals surface area contributed by atoms with Crippen LogP contribution in [0, 0.1) is 0 Å². The van der Waals surface area contributed by atoms with E-state index in [0.717, 1.165) is 5.56 Å². The third-order valence-electron chi connectivity index (χ3n) is 3.34. The van der Waals surface area contributed by atoms with Crippen LogP contribution in [-0.2, 0) is 0 Å². The SMILES string of the molecule is COc1cc(C(=O)NC(C)c2ccncc2)ccc1OC(C)C. The van der Waals surface area contributed by atoms with Gasteiger partial charge in [0.1, 0.15) is 0 Å². The molecular formula is C18H22N2O3. The number of carbonyl (C=O) groups is 1. The minimum atomic E-state index is -0.163. The van der Waals surface area contributed by atoms with Crippen LogP contribution in [0.1, 0.15) is 42.7 Å². The molecule has 0 bridgehead atoms. The number of ether oxygens (including phenoxy) is 2. The zero-order chi connectivity index (χ0) is 16.8. The van der Waals surface area contributed by atoms with Gasteiger partial charge in [-0.2, -0.15) is 0 Å². The summed E-state index contributed by atoms with van der Waals surface area (Å²) in [6.45, 7) is 5.81. The molecule has 23 heavy (non-hydrogen) atoms. The Hall–Kier alpha value is -2.56. The summed E-state index contributed by atoms with van der Waals surface area (Å²) in [6, 6.07) is 8.82. The van der Waals surface area contributed by atoms with Crippen molar-refractivity contribution >= 4 is 5.91 Å². The standard InChI is InChI=1S/C18H22N2O3/c1-12(2)23-16-6-5-15(11-17(16)22-4)18(21)20-13(3)14-7-9-19-10-8-14/h5-13H,1-4H3,(H,20,21). The average Bonchev–Trinajstić information content (AvgIpc) is 2.55. The highest BCUT2D eigenvalue weighted by Crippen LogP contribution is 2.29. The fourth-order valence-electron chi connectivity index (χ4n) is 2.18. The third-order valence-corrected chi connectivity index (χ3v) is 3.34. The number of rotatable bonds is 6. The second-order valence-corrected chi connectivity index (χ2v) is 5.51. The Bertz CT molecular complexity index is 657. The molecule has 122 valence electrons. The topological polar surface area (TPSA) is 60.5 Å². The lowest BCUT2D eigenvalue weighted by atomic mass is 10.1. The molecular weight excluding hydrogens is 292 g/mol. The van der Waals surface area contributed by atoms with Gasteiger partial charge in [0.2, 0.25) is 0 Å². The lowest BCUT2D eigenvalue weighted by molar-refractivity contribution is 0.0939. The van der Waals surface area contributed by atoms with E-state index in [2.05, 4.69) is 10.3 Å². The summed E-state index contributed by atoms with van der Waals surface area (Å²) >= 11 is 0. The van der Waals surface area contributed by atoms with Gasteiger partial charge in [0.05, 0.1) is 19.3 Å². The second kappa shape index (κ2) is 7.63. The maximum absolute atomic E-state index is 12.4. The maximum Gasteiger partial charge on any atom is 0.251 e. The fraction of sp³-hybridized carbons (Fsp3) is 0.333. The molecule has 1 aromatic carbocycles. The van der Waals surface area contributed by atoms with Gasteiger partial charge in [-0.15, -0.1) is 0 Å². The zero-order valence-electron chi connectivity index (χ0n) is 13.9. The normalized spacial score (nSPS) is 11.9. The molecule has 1 atom stereocenters. The van der Waals surface area contributed by atoms with Gasteiger partial charge < -0.3 is 14.8 Å². The van der Waals surface area contributed by atoms with Crippen molar-refractivity contribution in [2.75, 3.05) is 7.11 Å². The molecule has 0 saturated heterocycles. The lowest BCUT2D eigenvalue weighted by Gasteiger charge is -2.16. The van der Waals surface area contributed by atoms with Crippen molar-refractivity contribution in [1.29, 1.82) is 0 Å². The van der Waals surface area contributed by atoms with Gasteiger partial charge in [-0.05, 0) is 56.7 Å². The van der Waals surface area contributed by atoms with Gasteiger partial charge in [-0.25, -0.2) is 0 Å². The highest BCUT2D eigenvalue weighted by Gasteiger charge is 2.14. The van der Waals surface area contributed by atoms with Gasteiger partial charge >= 0.3 is 0 Å². The minimum absolute atomic E-state index is 0.0373. The van der Waals surface area contributed by atoms with Gasteiger partial charge in [-0.3, -0.25) is 9.78 Å². The Morgan fingerprint density at radius 1 is 1.09 bits per heavy atom.